The molecule has 2 unspecified atom stereocenters. The molecule has 8 nitrogen and oxygen atoms in total. The standard InChI is InChI=1S/C22H23N5O3/c1-28-11-14-8-15-2-3-16(9-19(15)24-10-14)29-12-17-4-5-20(30-17)27-7-6-18-21(23)25-13-26-22(18)27/h2-3,6-10,13,17,20H,4-5,11-12H2,1H3,(H2,23,25,26). The van der Waals surface area contributed by atoms with Crippen LogP contribution in [-0.2, 0) is 16.1 Å². The Hall–Kier alpha value is -3.23. The number of anilines is 1. The van der Waals surface area contributed by atoms with Gasteiger partial charge in [0.1, 0.15) is 36.4 Å². The number of nitrogens with zero attached hydrogens (tertiary/aromatic N) is 4. The zero-order chi connectivity index (χ0) is 20.5. The van der Waals surface area contributed by atoms with Crippen molar-refractivity contribution in [1.82, 2.24) is 19.5 Å². The highest BCUT2D eigenvalue weighted by Gasteiger charge is 2.28. The number of fused-ring (bicyclic) bond motifs is 2. The van der Waals surface area contributed by atoms with Crippen molar-refractivity contribution in [3.05, 3.63) is 54.6 Å². The van der Waals surface area contributed by atoms with Crippen LogP contribution in [0.15, 0.2) is 49.1 Å². The van der Waals surface area contributed by atoms with Gasteiger partial charge in [-0.05, 0) is 42.7 Å². The third kappa shape index (κ3) is 3.55. The van der Waals surface area contributed by atoms with Crippen molar-refractivity contribution in [3.63, 3.8) is 0 Å². The summed E-state index contributed by atoms with van der Waals surface area (Å²) >= 11 is 0. The van der Waals surface area contributed by atoms with Crippen molar-refractivity contribution in [2.24, 2.45) is 0 Å². The number of benzene rings is 1. The molecule has 0 bridgehead atoms. The second kappa shape index (κ2) is 7.89. The number of hydrogen-bond acceptors (Lipinski definition) is 7. The molecule has 4 aromatic rings. The summed E-state index contributed by atoms with van der Waals surface area (Å²) in [6.45, 7) is 1.04. The molecule has 0 amide bonds. The van der Waals surface area contributed by atoms with Crippen LogP contribution in [0.1, 0.15) is 24.6 Å². The zero-order valence-electron chi connectivity index (χ0n) is 16.7. The molecule has 0 spiro atoms. The van der Waals surface area contributed by atoms with Crippen LogP contribution >= 0.6 is 0 Å². The third-order valence-corrected chi connectivity index (χ3v) is 5.39. The number of hydrogen-bond donors (Lipinski definition) is 1. The SMILES string of the molecule is COCc1cnc2cc(OCC3CCC(n4ccc5c(N)ncnc54)O3)ccc2c1. The minimum Gasteiger partial charge on any atom is -0.491 e. The van der Waals surface area contributed by atoms with Gasteiger partial charge < -0.3 is 24.5 Å². The first-order valence-electron chi connectivity index (χ1n) is 9.94. The molecule has 5 rings (SSSR count). The summed E-state index contributed by atoms with van der Waals surface area (Å²) in [5.41, 5.74) is 8.67. The lowest BCUT2D eigenvalue weighted by Gasteiger charge is -2.16. The minimum absolute atomic E-state index is 0.0133. The van der Waals surface area contributed by atoms with E-state index in [2.05, 4.69) is 21.0 Å². The van der Waals surface area contributed by atoms with E-state index in [1.165, 1.54) is 6.33 Å². The van der Waals surface area contributed by atoms with Crippen LogP contribution in [-0.4, -0.2) is 39.3 Å². The molecule has 30 heavy (non-hydrogen) atoms. The third-order valence-electron chi connectivity index (χ3n) is 5.39. The summed E-state index contributed by atoms with van der Waals surface area (Å²) in [5, 5.41) is 1.91. The molecule has 0 aliphatic carbocycles. The van der Waals surface area contributed by atoms with E-state index in [0.29, 0.717) is 19.0 Å². The molecular formula is C22H23N5O3. The molecule has 1 aromatic carbocycles. The van der Waals surface area contributed by atoms with Gasteiger partial charge in [-0.1, -0.05) is 0 Å². The summed E-state index contributed by atoms with van der Waals surface area (Å²) in [4.78, 5) is 12.9. The normalized spacial score (nSPS) is 19.0. The van der Waals surface area contributed by atoms with E-state index in [-0.39, 0.29) is 12.3 Å². The summed E-state index contributed by atoms with van der Waals surface area (Å²) in [6.07, 6.45) is 7.01. The molecule has 4 heterocycles. The van der Waals surface area contributed by atoms with Gasteiger partial charge in [0.25, 0.3) is 0 Å². The Morgan fingerprint density at radius 1 is 1.17 bits per heavy atom. The second-order valence-electron chi connectivity index (χ2n) is 7.45. The van der Waals surface area contributed by atoms with Gasteiger partial charge in [0.05, 0.1) is 23.6 Å². The van der Waals surface area contributed by atoms with Crippen LogP contribution in [0, 0.1) is 0 Å². The number of ether oxygens (including phenoxy) is 3. The number of pyridine rings is 1. The highest BCUT2D eigenvalue weighted by Crippen LogP contribution is 2.32. The quantitative estimate of drug-likeness (QED) is 0.524. The van der Waals surface area contributed by atoms with Gasteiger partial charge in [-0.3, -0.25) is 4.98 Å². The van der Waals surface area contributed by atoms with Crippen molar-refractivity contribution in [2.45, 2.75) is 31.8 Å². The fraction of sp³-hybridized carbons (Fsp3) is 0.318. The number of nitrogen functional groups attached to an aromatic ring is 1. The highest BCUT2D eigenvalue weighted by molar-refractivity contribution is 5.86. The molecule has 1 aliphatic rings. The summed E-state index contributed by atoms with van der Waals surface area (Å²) in [6, 6.07) is 9.95. The van der Waals surface area contributed by atoms with E-state index in [4.69, 9.17) is 19.9 Å². The predicted molar refractivity (Wildman–Crippen MR) is 113 cm³/mol. The maximum absolute atomic E-state index is 6.21. The molecular weight excluding hydrogens is 382 g/mol. The first-order chi connectivity index (χ1) is 14.7. The first kappa shape index (κ1) is 18.8. The van der Waals surface area contributed by atoms with Crippen LogP contribution in [0.25, 0.3) is 21.9 Å². The monoisotopic (exact) mass is 405 g/mol. The van der Waals surface area contributed by atoms with Crippen molar-refractivity contribution in [3.8, 4) is 5.75 Å². The van der Waals surface area contributed by atoms with Gasteiger partial charge in [0.15, 0.2) is 0 Å². The van der Waals surface area contributed by atoms with E-state index in [0.717, 1.165) is 46.1 Å². The number of nitrogens with two attached hydrogens (primary N) is 1. The van der Waals surface area contributed by atoms with Gasteiger partial charge in [0, 0.05) is 31.0 Å². The molecule has 1 fully saturated rings. The molecule has 0 saturated carbocycles. The Morgan fingerprint density at radius 2 is 2.10 bits per heavy atom. The van der Waals surface area contributed by atoms with Crippen molar-refractivity contribution >= 4 is 27.8 Å². The Labute approximate surface area is 173 Å². The first-order valence-corrected chi connectivity index (χ1v) is 9.94. The molecule has 154 valence electrons. The summed E-state index contributed by atoms with van der Waals surface area (Å²) in [7, 11) is 1.68. The average molecular weight is 405 g/mol. The van der Waals surface area contributed by atoms with Crippen molar-refractivity contribution in [2.75, 3.05) is 19.5 Å². The lowest BCUT2D eigenvalue weighted by Crippen LogP contribution is -2.18. The fourth-order valence-electron chi connectivity index (χ4n) is 3.91. The van der Waals surface area contributed by atoms with Gasteiger partial charge in [-0.15, -0.1) is 0 Å². The number of rotatable bonds is 6. The van der Waals surface area contributed by atoms with Gasteiger partial charge in [-0.25, -0.2) is 9.97 Å². The molecule has 1 aliphatic heterocycles. The zero-order valence-corrected chi connectivity index (χ0v) is 16.7. The van der Waals surface area contributed by atoms with E-state index in [1.54, 1.807) is 7.11 Å². The average Bonchev–Trinajstić information content (AvgIpc) is 3.40. The van der Waals surface area contributed by atoms with Crippen LogP contribution in [0.5, 0.6) is 5.75 Å². The van der Waals surface area contributed by atoms with Gasteiger partial charge in [0.2, 0.25) is 0 Å². The van der Waals surface area contributed by atoms with Crippen LogP contribution in [0.4, 0.5) is 5.82 Å². The largest absolute Gasteiger partial charge is 0.491 e. The van der Waals surface area contributed by atoms with Crippen molar-refractivity contribution in [1.29, 1.82) is 0 Å². The molecule has 3 aromatic heterocycles. The maximum atomic E-state index is 6.21. The van der Waals surface area contributed by atoms with Crippen LogP contribution in [0.2, 0.25) is 0 Å². The minimum atomic E-state index is -0.0807. The van der Waals surface area contributed by atoms with Gasteiger partial charge in [-0.2, -0.15) is 0 Å². The van der Waals surface area contributed by atoms with E-state index < -0.39 is 0 Å². The van der Waals surface area contributed by atoms with Crippen LogP contribution < -0.4 is 10.5 Å². The summed E-state index contributed by atoms with van der Waals surface area (Å²) < 4.78 is 19.4. The van der Waals surface area contributed by atoms with Crippen molar-refractivity contribution < 1.29 is 14.2 Å². The predicted octanol–water partition coefficient (Wildman–Crippen LogP) is 3.46. The Morgan fingerprint density at radius 3 is 3.00 bits per heavy atom. The molecule has 8 heteroatoms. The van der Waals surface area contributed by atoms with E-state index in [9.17, 15) is 0 Å². The summed E-state index contributed by atoms with van der Waals surface area (Å²) in [5.74, 6) is 1.27. The molecule has 1 saturated heterocycles. The fourth-order valence-corrected chi connectivity index (χ4v) is 3.91. The van der Waals surface area contributed by atoms with Gasteiger partial charge >= 0.3 is 0 Å². The van der Waals surface area contributed by atoms with E-state index in [1.807, 2.05) is 41.2 Å². The number of methoxy groups -OCH3 is 1. The Kier molecular flexibility index (Phi) is 4.94. The van der Waals surface area contributed by atoms with E-state index >= 15 is 0 Å². The smallest absolute Gasteiger partial charge is 0.147 e. The lowest BCUT2D eigenvalue weighted by atomic mass is 10.1. The lowest BCUT2D eigenvalue weighted by molar-refractivity contribution is -0.0156. The topological polar surface area (TPSA) is 97.3 Å². The second-order valence-corrected chi connectivity index (χ2v) is 7.45. The molecule has 2 atom stereocenters. The Balaban J connectivity index is 1.24. The maximum Gasteiger partial charge on any atom is 0.147 e. The van der Waals surface area contributed by atoms with Crippen LogP contribution in [0.3, 0.4) is 0 Å². The molecule has 2 N–H and O–H groups in total. The highest BCUT2D eigenvalue weighted by atomic mass is 16.6. The Bertz CT molecular complexity index is 1190. The number of aromatic nitrogens is 4. The molecule has 0 radical (unpaired) electrons.